The van der Waals surface area contributed by atoms with Crippen molar-refractivity contribution in [2.75, 3.05) is 67.6 Å². The highest BCUT2D eigenvalue weighted by Crippen LogP contribution is 2.33. The van der Waals surface area contributed by atoms with Crippen LogP contribution in [0.15, 0.2) is 48.5 Å². The summed E-state index contributed by atoms with van der Waals surface area (Å²) in [5, 5.41) is 2.98. The van der Waals surface area contributed by atoms with Gasteiger partial charge in [-0.2, -0.15) is 0 Å². The van der Waals surface area contributed by atoms with Gasteiger partial charge in [-0.25, -0.2) is 0 Å². The molecule has 0 radical (unpaired) electrons. The third-order valence-electron chi connectivity index (χ3n) is 6.07. The van der Waals surface area contributed by atoms with Gasteiger partial charge >= 0.3 is 0 Å². The van der Waals surface area contributed by atoms with E-state index in [0.717, 1.165) is 30.2 Å². The third-order valence-corrected chi connectivity index (χ3v) is 6.07. The van der Waals surface area contributed by atoms with Crippen molar-refractivity contribution in [1.29, 1.82) is 0 Å². The summed E-state index contributed by atoms with van der Waals surface area (Å²) in [5.74, 6) is 0.414. The molecule has 0 spiro atoms. The number of anilines is 3. The van der Waals surface area contributed by atoms with Crippen LogP contribution in [0.25, 0.3) is 0 Å². The molecule has 4 rings (SSSR count). The first-order valence-corrected chi connectivity index (χ1v) is 11.6. The van der Waals surface area contributed by atoms with Gasteiger partial charge in [-0.15, -0.1) is 0 Å². The van der Waals surface area contributed by atoms with E-state index >= 15 is 0 Å². The van der Waals surface area contributed by atoms with Gasteiger partial charge in [0.15, 0.2) is 6.10 Å². The summed E-state index contributed by atoms with van der Waals surface area (Å²) in [5.41, 5.74) is 2.69. The van der Waals surface area contributed by atoms with Crippen LogP contribution in [0.4, 0.5) is 17.1 Å². The van der Waals surface area contributed by atoms with Crippen LogP contribution in [0.2, 0.25) is 0 Å². The Labute approximate surface area is 195 Å². The van der Waals surface area contributed by atoms with Crippen molar-refractivity contribution in [2.45, 2.75) is 20.0 Å². The number of carbonyl (C=O) groups is 2. The number of carbonyl (C=O) groups excluding carboxylic acids is 2. The number of para-hydroxylation sites is 2. The molecule has 0 unspecified atom stereocenters. The molecule has 176 valence electrons. The monoisotopic (exact) mass is 452 g/mol. The molecular formula is C25H32N4O4. The van der Waals surface area contributed by atoms with Crippen LogP contribution in [0.3, 0.4) is 0 Å². The quantitative estimate of drug-likeness (QED) is 0.696. The second-order valence-corrected chi connectivity index (χ2v) is 8.16. The van der Waals surface area contributed by atoms with Gasteiger partial charge in [0, 0.05) is 37.6 Å². The molecule has 1 saturated heterocycles. The summed E-state index contributed by atoms with van der Waals surface area (Å²) in [6.07, 6.45) is -0.654. The maximum Gasteiger partial charge on any atom is 0.265 e. The van der Waals surface area contributed by atoms with Gasteiger partial charge in [0.25, 0.3) is 5.91 Å². The lowest BCUT2D eigenvalue weighted by atomic mass is 10.1. The fourth-order valence-corrected chi connectivity index (χ4v) is 4.29. The summed E-state index contributed by atoms with van der Waals surface area (Å²) < 4.78 is 11.4. The Bertz CT molecular complexity index is 955. The number of hydrogen-bond acceptors (Lipinski definition) is 6. The Morgan fingerprint density at radius 2 is 1.73 bits per heavy atom. The van der Waals surface area contributed by atoms with Gasteiger partial charge in [-0.05, 0) is 50.2 Å². The minimum absolute atomic E-state index is 0.0646. The normalized spacial score (nSPS) is 17.7. The van der Waals surface area contributed by atoms with Crippen LogP contribution >= 0.6 is 0 Å². The van der Waals surface area contributed by atoms with Gasteiger partial charge in [0.2, 0.25) is 5.91 Å². The van der Waals surface area contributed by atoms with Crippen molar-refractivity contribution >= 4 is 28.9 Å². The summed E-state index contributed by atoms with van der Waals surface area (Å²) in [4.78, 5) is 31.9. The minimum atomic E-state index is -0.654. The molecule has 1 atom stereocenters. The average Bonchev–Trinajstić information content (AvgIpc) is 2.85. The number of amides is 2. The molecule has 0 aliphatic carbocycles. The predicted molar refractivity (Wildman–Crippen MR) is 129 cm³/mol. The average molecular weight is 453 g/mol. The number of ether oxygens (including phenoxy) is 2. The first-order valence-electron chi connectivity index (χ1n) is 11.6. The van der Waals surface area contributed by atoms with E-state index in [9.17, 15) is 9.59 Å². The zero-order valence-electron chi connectivity index (χ0n) is 19.3. The van der Waals surface area contributed by atoms with E-state index in [-0.39, 0.29) is 18.4 Å². The van der Waals surface area contributed by atoms with E-state index in [4.69, 9.17) is 9.47 Å². The Morgan fingerprint density at radius 3 is 2.42 bits per heavy atom. The summed E-state index contributed by atoms with van der Waals surface area (Å²) in [6.45, 7) is 8.75. The number of nitrogens with one attached hydrogen (secondary N) is 1. The lowest BCUT2D eigenvalue weighted by Crippen LogP contribution is -2.53. The first-order chi connectivity index (χ1) is 16.1. The second-order valence-electron chi connectivity index (χ2n) is 8.16. The molecule has 2 aromatic rings. The van der Waals surface area contributed by atoms with E-state index in [1.54, 1.807) is 4.90 Å². The van der Waals surface area contributed by atoms with E-state index in [1.807, 2.05) is 53.4 Å². The van der Waals surface area contributed by atoms with Crippen molar-refractivity contribution in [2.24, 2.45) is 0 Å². The molecule has 1 fully saturated rings. The molecule has 2 amide bonds. The van der Waals surface area contributed by atoms with Crippen LogP contribution in [0.1, 0.15) is 13.8 Å². The van der Waals surface area contributed by atoms with Crippen LogP contribution in [0.5, 0.6) is 5.75 Å². The van der Waals surface area contributed by atoms with Crippen molar-refractivity contribution in [3.05, 3.63) is 48.5 Å². The molecule has 2 aliphatic heterocycles. The fourth-order valence-electron chi connectivity index (χ4n) is 4.29. The molecule has 8 nitrogen and oxygen atoms in total. The topological polar surface area (TPSA) is 74.4 Å². The Balaban J connectivity index is 1.43. The molecule has 0 saturated carbocycles. The number of fused-ring (bicyclic) bond motifs is 1. The number of nitrogens with zero attached hydrogens (tertiary/aromatic N) is 3. The Morgan fingerprint density at radius 1 is 1.03 bits per heavy atom. The Kier molecular flexibility index (Phi) is 7.34. The van der Waals surface area contributed by atoms with E-state index < -0.39 is 6.10 Å². The van der Waals surface area contributed by atoms with Crippen molar-refractivity contribution in [3.63, 3.8) is 0 Å². The highest BCUT2D eigenvalue weighted by molar-refractivity contribution is 5.95. The zero-order valence-corrected chi connectivity index (χ0v) is 19.3. The van der Waals surface area contributed by atoms with E-state index in [1.165, 1.54) is 0 Å². The molecule has 1 N–H and O–H groups in total. The van der Waals surface area contributed by atoms with Crippen molar-refractivity contribution < 1.29 is 19.1 Å². The van der Waals surface area contributed by atoms with Crippen molar-refractivity contribution in [3.8, 4) is 5.75 Å². The molecule has 2 aliphatic rings. The lowest BCUT2D eigenvalue weighted by molar-refractivity contribution is -0.142. The standard InChI is InChI=1S/C25H32N4O4/c1-3-27(4-2)20-11-9-19(10-12-20)26-24(30)18-29-17-23(25(31)28-13-15-32-16-14-28)33-22-8-6-5-7-21(22)29/h5-12,23H,3-4,13-18H2,1-2H3,(H,26,30)/t23-/m0/s1. The summed E-state index contributed by atoms with van der Waals surface area (Å²) >= 11 is 0. The molecule has 33 heavy (non-hydrogen) atoms. The van der Waals surface area contributed by atoms with E-state index in [0.29, 0.717) is 38.6 Å². The number of morpholine rings is 1. The number of rotatable bonds is 7. The lowest BCUT2D eigenvalue weighted by Gasteiger charge is -2.38. The van der Waals surface area contributed by atoms with Gasteiger partial charge in [-0.1, -0.05) is 12.1 Å². The fraction of sp³-hybridized carbons (Fsp3) is 0.440. The SMILES string of the molecule is CCN(CC)c1ccc(NC(=O)CN2C[C@@H](C(=O)N3CCOCC3)Oc3ccccc32)cc1. The number of benzene rings is 2. The van der Waals surface area contributed by atoms with Crippen LogP contribution in [-0.4, -0.2) is 75.3 Å². The number of hydrogen-bond donors (Lipinski definition) is 1. The van der Waals surface area contributed by atoms with Crippen LogP contribution < -0.4 is 19.9 Å². The van der Waals surface area contributed by atoms with Gasteiger partial charge in [-0.3, -0.25) is 9.59 Å². The highest BCUT2D eigenvalue weighted by Gasteiger charge is 2.34. The van der Waals surface area contributed by atoms with Crippen LogP contribution in [0, 0.1) is 0 Å². The third kappa shape index (κ3) is 5.39. The van der Waals surface area contributed by atoms with E-state index in [2.05, 4.69) is 24.1 Å². The molecule has 0 bridgehead atoms. The summed E-state index contributed by atoms with van der Waals surface area (Å²) in [7, 11) is 0. The first kappa shape index (κ1) is 22.9. The molecule has 2 heterocycles. The Hall–Kier alpha value is -3.26. The highest BCUT2D eigenvalue weighted by atomic mass is 16.5. The maximum absolute atomic E-state index is 13.0. The zero-order chi connectivity index (χ0) is 23.2. The maximum atomic E-state index is 13.0. The molecule has 8 heteroatoms. The smallest absolute Gasteiger partial charge is 0.265 e. The molecular weight excluding hydrogens is 420 g/mol. The van der Waals surface area contributed by atoms with Crippen molar-refractivity contribution in [1.82, 2.24) is 4.90 Å². The van der Waals surface area contributed by atoms with Gasteiger partial charge < -0.3 is 29.5 Å². The largest absolute Gasteiger partial charge is 0.477 e. The van der Waals surface area contributed by atoms with Gasteiger partial charge in [0.05, 0.1) is 32.0 Å². The summed E-state index contributed by atoms with van der Waals surface area (Å²) in [6, 6.07) is 15.4. The van der Waals surface area contributed by atoms with Crippen LogP contribution in [-0.2, 0) is 14.3 Å². The molecule has 0 aromatic heterocycles. The minimum Gasteiger partial charge on any atom is -0.477 e. The second kappa shape index (κ2) is 10.6. The predicted octanol–water partition coefficient (Wildman–Crippen LogP) is 2.60. The van der Waals surface area contributed by atoms with Gasteiger partial charge in [0.1, 0.15) is 5.75 Å². The molecule has 2 aromatic carbocycles.